The number of piperidine rings is 2. The highest BCUT2D eigenvalue weighted by molar-refractivity contribution is 5.74. The van der Waals surface area contributed by atoms with Crippen molar-refractivity contribution in [2.45, 2.75) is 64.1 Å². The van der Waals surface area contributed by atoms with Gasteiger partial charge in [0, 0.05) is 44.0 Å². The molecule has 0 aromatic carbocycles. The molecule has 4 heterocycles. The van der Waals surface area contributed by atoms with Crippen molar-refractivity contribution in [3.63, 3.8) is 0 Å². The lowest BCUT2D eigenvalue weighted by Gasteiger charge is -2.41. The first-order valence-corrected chi connectivity index (χ1v) is 11.0. The molecule has 0 bridgehead atoms. The van der Waals surface area contributed by atoms with Crippen molar-refractivity contribution in [1.82, 2.24) is 29.8 Å². The van der Waals surface area contributed by atoms with E-state index >= 15 is 0 Å². The van der Waals surface area contributed by atoms with Gasteiger partial charge in [-0.25, -0.2) is 4.79 Å². The summed E-state index contributed by atoms with van der Waals surface area (Å²) in [7, 11) is 2.22. The molecule has 2 amide bonds. The van der Waals surface area contributed by atoms with Gasteiger partial charge in [-0.3, -0.25) is 4.68 Å². The summed E-state index contributed by atoms with van der Waals surface area (Å²) in [6, 6.07) is 3.60. The second kappa shape index (κ2) is 8.41. The molecule has 0 spiro atoms. The summed E-state index contributed by atoms with van der Waals surface area (Å²) in [6.07, 6.45) is 5.72. The average molecular weight is 389 g/mol. The quantitative estimate of drug-likeness (QED) is 0.861. The predicted octanol–water partition coefficient (Wildman–Crippen LogP) is 2.01. The van der Waals surface area contributed by atoms with Crippen molar-refractivity contribution in [3.05, 3.63) is 17.5 Å². The Hall–Kier alpha value is -1.60. The SMILES string of the molecule is Cc1cc(C)n(C2CCN(C(=O)NC3CCN(C4CCN(C)CC4)CC3)C2)n1. The molecule has 0 saturated carbocycles. The molecular weight excluding hydrogens is 352 g/mol. The minimum Gasteiger partial charge on any atom is -0.335 e. The van der Waals surface area contributed by atoms with Gasteiger partial charge in [0.15, 0.2) is 0 Å². The maximum absolute atomic E-state index is 12.8. The van der Waals surface area contributed by atoms with E-state index in [2.05, 4.69) is 44.9 Å². The third-order valence-corrected chi connectivity index (χ3v) is 6.90. The van der Waals surface area contributed by atoms with Crippen LogP contribution in [-0.2, 0) is 0 Å². The van der Waals surface area contributed by atoms with Gasteiger partial charge in [-0.2, -0.15) is 5.10 Å². The van der Waals surface area contributed by atoms with Crippen LogP contribution in [0, 0.1) is 13.8 Å². The smallest absolute Gasteiger partial charge is 0.317 e. The second-order valence-electron chi connectivity index (χ2n) is 9.05. The molecule has 0 aliphatic carbocycles. The van der Waals surface area contributed by atoms with Crippen molar-refractivity contribution in [3.8, 4) is 0 Å². The largest absolute Gasteiger partial charge is 0.335 e. The Bertz CT molecular complexity index is 672. The zero-order chi connectivity index (χ0) is 19.7. The zero-order valence-corrected chi connectivity index (χ0v) is 17.7. The van der Waals surface area contributed by atoms with E-state index in [1.165, 1.54) is 31.6 Å². The van der Waals surface area contributed by atoms with E-state index in [1.54, 1.807) is 0 Å². The number of urea groups is 1. The number of carbonyl (C=O) groups is 1. The molecule has 1 unspecified atom stereocenters. The third-order valence-electron chi connectivity index (χ3n) is 6.90. The van der Waals surface area contributed by atoms with Gasteiger partial charge in [-0.1, -0.05) is 0 Å². The van der Waals surface area contributed by atoms with Gasteiger partial charge < -0.3 is 20.0 Å². The van der Waals surface area contributed by atoms with Gasteiger partial charge in [-0.15, -0.1) is 0 Å². The van der Waals surface area contributed by atoms with Crippen LogP contribution in [0.3, 0.4) is 0 Å². The van der Waals surface area contributed by atoms with Crippen LogP contribution in [0.1, 0.15) is 49.5 Å². The lowest BCUT2D eigenvalue weighted by molar-refractivity contribution is 0.0923. The molecule has 1 aromatic rings. The van der Waals surface area contributed by atoms with Gasteiger partial charge in [0.1, 0.15) is 0 Å². The van der Waals surface area contributed by atoms with Crippen LogP contribution in [0.4, 0.5) is 4.79 Å². The Morgan fingerprint density at radius 2 is 1.68 bits per heavy atom. The molecule has 3 aliphatic rings. The summed E-state index contributed by atoms with van der Waals surface area (Å²) < 4.78 is 2.10. The summed E-state index contributed by atoms with van der Waals surface area (Å²) in [5, 5.41) is 7.91. The van der Waals surface area contributed by atoms with Crippen molar-refractivity contribution in [2.24, 2.45) is 0 Å². The van der Waals surface area contributed by atoms with Gasteiger partial charge >= 0.3 is 6.03 Å². The molecule has 7 heteroatoms. The van der Waals surface area contributed by atoms with Crippen molar-refractivity contribution >= 4 is 6.03 Å². The van der Waals surface area contributed by atoms with Crippen LogP contribution >= 0.6 is 0 Å². The number of likely N-dealkylation sites (tertiary alicyclic amines) is 3. The van der Waals surface area contributed by atoms with E-state index in [0.29, 0.717) is 12.1 Å². The fourth-order valence-corrected chi connectivity index (χ4v) is 5.18. The first-order chi connectivity index (χ1) is 13.5. The van der Waals surface area contributed by atoms with Crippen molar-refractivity contribution < 1.29 is 4.79 Å². The average Bonchev–Trinajstić information content (AvgIpc) is 3.29. The zero-order valence-electron chi connectivity index (χ0n) is 17.7. The van der Waals surface area contributed by atoms with Gasteiger partial charge in [-0.05, 0) is 72.2 Å². The highest BCUT2D eigenvalue weighted by Gasteiger charge is 2.32. The topological polar surface area (TPSA) is 56.6 Å². The molecule has 3 saturated heterocycles. The molecule has 1 atom stereocenters. The lowest BCUT2D eigenvalue weighted by atomic mass is 9.98. The van der Waals surface area contributed by atoms with Crippen LogP contribution in [-0.4, -0.2) is 88.9 Å². The fourth-order valence-electron chi connectivity index (χ4n) is 5.18. The Labute approximate surface area is 169 Å². The third kappa shape index (κ3) is 4.35. The number of amides is 2. The molecule has 156 valence electrons. The Kier molecular flexibility index (Phi) is 5.92. The Balaban J connectivity index is 1.22. The minimum atomic E-state index is 0.113. The highest BCUT2D eigenvalue weighted by atomic mass is 16.2. The minimum absolute atomic E-state index is 0.113. The lowest BCUT2D eigenvalue weighted by Crippen LogP contribution is -2.52. The number of carbonyl (C=O) groups excluding carboxylic acids is 1. The maximum Gasteiger partial charge on any atom is 0.317 e. The molecule has 0 radical (unpaired) electrons. The molecule has 3 fully saturated rings. The number of hydrogen-bond donors (Lipinski definition) is 1. The predicted molar refractivity (Wildman–Crippen MR) is 111 cm³/mol. The molecule has 7 nitrogen and oxygen atoms in total. The van der Waals surface area contributed by atoms with E-state index in [4.69, 9.17) is 0 Å². The van der Waals surface area contributed by atoms with E-state index in [9.17, 15) is 4.79 Å². The van der Waals surface area contributed by atoms with Gasteiger partial charge in [0.2, 0.25) is 0 Å². The van der Waals surface area contributed by atoms with E-state index in [-0.39, 0.29) is 6.03 Å². The van der Waals surface area contributed by atoms with Crippen LogP contribution in [0.15, 0.2) is 6.07 Å². The molecule has 1 aromatic heterocycles. The Morgan fingerprint density at radius 1 is 1.00 bits per heavy atom. The van der Waals surface area contributed by atoms with Crippen molar-refractivity contribution in [1.29, 1.82) is 0 Å². The molecule has 1 N–H and O–H groups in total. The number of rotatable bonds is 3. The molecule has 28 heavy (non-hydrogen) atoms. The standard InChI is InChI=1S/C21H36N6O/c1-16-14-17(2)27(23-16)20-8-13-26(15-20)21(28)22-18-4-11-25(12-5-18)19-6-9-24(3)10-7-19/h14,18-20H,4-13,15H2,1-3H3,(H,22,28). The normalized spacial score (nSPS) is 26.1. The van der Waals surface area contributed by atoms with Gasteiger partial charge in [0.05, 0.1) is 11.7 Å². The summed E-state index contributed by atoms with van der Waals surface area (Å²) in [5.74, 6) is 0. The first kappa shape index (κ1) is 19.7. The number of aryl methyl sites for hydroxylation is 2. The van der Waals surface area contributed by atoms with Crippen LogP contribution < -0.4 is 5.32 Å². The Morgan fingerprint density at radius 3 is 2.32 bits per heavy atom. The number of aromatic nitrogens is 2. The van der Waals surface area contributed by atoms with Crippen LogP contribution in [0.25, 0.3) is 0 Å². The van der Waals surface area contributed by atoms with E-state index in [0.717, 1.165) is 57.2 Å². The number of hydrogen-bond acceptors (Lipinski definition) is 4. The summed E-state index contributed by atoms with van der Waals surface area (Å²) in [6.45, 7) is 10.4. The fraction of sp³-hybridized carbons (Fsp3) is 0.810. The maximum atomic E-state index is 12.8. The second-order valence-corrected chi connectivity index (χ2v) is 9.05. The van der Waals surface area contributed by atoms with E-state index < -0.39 is 0 Å². The van der Waals surface area contributed by atoms with Gasteiger partial charge in [0.25, 0.3) is 0 Å². The molecule has 4 rings (SSSR count). The highest BCUT2D eigenvalue weighted by Crippen LogP contribution is 2.24. The first-order valence-electron chi connectivity index (χ1n) is 11.0. The number of nitrogens with zero attached hydrogens (tertiary/aromatic N) is 5. The monoisotopic (exact) mass is 388 g/mol. The van der Waals surface area contributed by atoms with E-state index in [1.807, 2.05) is 11.8 Å². The summed E-state index contributed by atoms with van der Waals surface area (Å²) in [4.78, 5) is 19.8. The van der Waals surface area contributed by atoms with Crippen molar-refractivity contribution in [2.75, 3.05) is 46.3 Å². The summed E-state index contributed by atoms with van der Waals surface area (Å²) >= 11 is 0. The molecular formula is C21H36N6O. The van der Waals surface area contributed by atoms with Crippen LogP contribution in [0.2, 0.25) is 0 Å². The summed E-state index contributed by atoms with van der Waals surface area (Å²) in [5.41, 5.74) is 2.24. The van der Waals surface area contributed by atoms with Crippen LogP contribution in [0.5, 0.6) is 0 Å². The molecule has 3 aliphatic heterocycles. The number of nitrogens with one attached hydrogen (secondary N) is 1.